The molecule has 1 saturated carbocycles. The standard InChI is InChI=1S/C18H23ClO2/c1-2-13-11-20-18(21-12-13)16-5-3-14(4-6-16)15-7-9-17(19)10-8-15/h2,7-10,13-14,16,18H,1,3-6,11-12H2/t13-,14-,16-,18-. The molecule has 1 aliphatic carbocycles. The molecule has 3 rings (SSSR count). The Labute approximate surface area is 132 Å². The molecule has 114 valence electrons. The number of hydrogen-bond donors (Lipinski definition) is 0. The fourth-order valence-electron chi connectivity index (χ4n) is 3.40. The van der Waals surface area contributed by atoms with E-state index in [-0.39, 0.29) is 6.29 Å². The van der Waals surface area contributed by atoms with E-state index in [1.807, 2.05) is 18.2 Å². The lowest BCUT2D eigenvalue weighted by molar-refractivity contribution is -0.222. The van der Waals surface area contributed by atoms with Crippen LogP contribution in [0.5, 0.6) is 0 Å². The van der Waals surface area contributed by atoms with Crippen molar-refractivity contribution in [2.45, 2.75) is 37.9 Å². The van der Waals surface area contributed by atoms with Crippen molar-refractivity contribution in [2.75, 3.05) is 13.2 Å². The summed E-state index contributed by atoms with van der Waals surface area (Å²) in [4.78, 5) is 0. The summed E-state index contributed by atoms with van der Waals surface area (Å²) < 4.78 is 11.7. The molecule has 1 saturated heterocycles. The third-order valence-corrected chi connectivity index (χ3v) is 5.03. The first-order valence-corrected chi connectivity index (χ1v) is 8.25. The van der Waals surface area contributed by atoms with Crippen molar-refractivity contribution in [1.29, 1.82) is 0 Å². The van der Waals surface area contributed by atoms with E-state index in [1.54, 1.807) is 0 Å². The molecule has 0 atom stereocenters. The van der Waals surface area contributed by atoms with E-state index in [0.717, 1.165) is 18.2 Å². The number of rotatable bonds is 3. The number of ether oxygens (including phenoxy) is 2. The largest absolute Gasteiger partial charge is 0.352 e. The van der Waals surface area contributed by atoms with E-state index < -0.39 is 0 Å². The van der Waals surface area contributed by atoms with Crippen molar-refractivity contribution < 1.29 is 9.47 Å². The zero-order valence-electron chi connectivity index (χ0n) is 12.3. The van der Waals surface area contributed by atoms with Crippen molar-refractivity contribution in [3.8, 4) is 0 Å². The van der Waals surface area contributed by atoms with Gasteiger partial charge in [0, 0.05) is 16.9 Å². The topological polar surface area (TPSA) is 18.5 Å². The van der Waals surface area contributed by atoms with Crippen LogP contribution in [0.1, 0.15) is 37.2 Å². The highest BCUT2D eigenvalue weighted by molar-refractivity contribution is 6.30. The maximum Gasteiger partial charge on any atom is 0.160 e. The van der Waals surface area contributed by atoms with Gasteiger partial charge in [0.25, 0.3) is 0 Å². The van der Waals surface area contributed by atoms with Crippen LogP contribution in [0.15, 0.2) is 36.9 Å². The molecule has 2 aliphatic rings. The van der Waals surface area contributed by atoms with E-state index in [9.17, 15) is 0 Å². The Morgan fingerprint density at radius 3 is 2.19 bits per heavy atom. The second kappa shape index (κ2) is 6.95. The predicted octanol–water partition coefficient (Wildman–Crippen LogP) is 4.79. The fraction of sp³-hybridized carbons (Fsp3) is 0.556. The van der Waals surface area contributed by atoms with Crippen molar-refractivity contribution in [3.05, 3.63) is 47.5 Å². The lowest BCUT2D eigenvalue weighted by Gasteiger charge is -2.37. The van der Waals surface area contributed by atoms with Crippen LogP contribution >= 0.6 is 11.6 Å². The summed E-state index contributed by atoms with van der Waals surface area (Å²) in [7, 11) is 0. The molecule has 1 aliphatic heterocycles. The monoisotopic (exact) mass is 306 g/mol. The molecule has 0 unspecified atom stereocenters. The van der Waals surface area contributed by atoms with Crippen molar-refractivity contribution in [1.82, 2.24) is 0 Å². The van der Waals surface area contributed by atoms with E-state index in [0.29, 0.717) is 17.8 Å². The maximum absolute atomic E-state index is 5.96. The van der Waals surface area contributed by atoms with Gasteiger partial charge in [-0.25, -0.2) is 0 Å². The molecular formula is C18H23ClO2. The van der Waals surface area contributed by atoms with Crippen LogP contribution in [0.25, 0.3) is 0 Å². The molecular weight excluding hydrogens is 284 g/mol. The highest BCUT2D eigenvalue weighted by atomic mass is 35.5. The Kier molecular flexibility index (Phi) is 4.99. The SMILES string of the molecule is C=C[C@H]1CO[C@H]([C@H]2CC[C@H](c3ccc(Cl)cc3)CC2)OC1. The van der Waals surface area contributed by atoms with Gasteiger partial charge in [0.2, 0.25) is 0 Å². The van der Waals surface area contributed by atoms with E-state index in [2.05, 4.69) is 18.7 Å². The Balaban J connectivity index is 1.51. The van der Waals surface area contributed by atoms with Crippen LogP contribution in [0.2, 0.25) is 5.02 Å². The van der Waals surface area contributed by atoms with Crippen LogP contribution in [0.3, 0.4) is 0 Å². The first-order chi connectivity index (χ1) is 10.3. The lowest BCUT2D eigenvalue weighted by Crippen LogP contribution is -2.37. The molecule has 1 aromatic carbocycles. The van der Waals surface area contributed by atoms with Gasteiger partial charge in [-0.1, -0.05) is 29.8 Å². The molecule has 0 N–H and O–H groups in total. The molecule has 21 heavy (non-hydrogen) atoms. The van der Waals surface area contributed by atoms with Gasteiger partial charge in [-0.3, -0.25) is 0 Å². The van der Waals surface area contributed by atoms with Gasteiger partial charge in [0.05, 0.1) is 13.2 Å². The Hall–Kier alpha value is -0.830. The van der Waals surface area contributed by atoms with Crippen LogP contribution in [0.4, 0.5) is 0 Å². The first kappa shape index (κ1) is 15.1. The molecule has 0 spiro atoms. The third-order valence-electron chi connectivity index (χ3n) is 4.78. The average Bonchev–Trinajstić information content (AvgIpc) is 2.56. The van der Waals surface area contributed by atoms with Gasteiger partial charge in [0.15, 0.2) is 6.29 Å². The van der Waals surface area contributed by atoms with E-state index in [4.69, 9.17) is 21.1 Å². The second-order valence-electron chi connectivity index (χ2n) is 6.19. The molecule has 0 amide bonds. The second-order valence-corrected chi connectivity index (χ2v) is 6.63. The minimum Gasteiger partial charge on any atom is -0.352 e. The smallest absolute Gasteiger partial charge is 0.160 e. The molecule has 3 heteroatoms. The quantitative estimate of drug-likeness (QED) is 0.748. The minimum atomic E-state index is -0.00707. The normalized spacial score (nSPS) is 33.6. The third kappa shape index (κ3) is 3.68. The first-order valence-electron chi connectivity index (χ1n) is 7.87. The summed E-state index contributed by atoms with van der Waals surface area (Å²) in [6.07, 6.45) is 6.69. The number of benzene rings is 1. The van der Waals surface area contributed by atoms with Crippen molar-refractivity contribution in [2.24, 2.45) is 11.8 Å². The average molecular weight is 307 g/mol. The molecule has 1 heterocycles. The number of hydrogen-bond acceptors (Lipinski definition) is 2. The molecule has 0 aromatic heterocycles. The van der Waals surface area contributed by atoms with Crippen LogP contribution in [-0.2, 0) is 9.47 Å². The molecule has 0 bridgehead atoms. The molecule has 2 nitrogen and oxygen atoms in total. The van der Waals surface area contributed by atoms with Gasteiger partial charge >= 0.3 is 0 Å². The van der Waals surface area contributed by atoms with Gasteiger partial charge in [-0.15, -0.1) is 6.58 Å². The summed E-state index contributed by atoms with van der Waals surface area (Å²) in [5.41, 5.74) is 1.41. The molecule has 1 aromatic rings. The zero-order valence-corrected chi connectivity index (χ0v) is 13.1. The molecule has 2 fully saturated rings. The lowest BCUT2D eigenvalue weighted by atomic mass is 9.78. The highest BCUT2D eigenvalue weighted by Crippen LogP contribution is 2.39. The Morgan fingerprint density at radius 1 is 1.00 bits per heavy atom. The van der Waals surface area contributed by atoms with E-state index in [1.165, 1.54) is 31.2 Å². The van der Waals surface area contributed by atoms with Crippen molar-refractivity contribution >= 4 is 11.6 Å². The summed E-state index contributed by atoms with van der Waals surface area (Å²) in [6, 6.07) is 8.31. The van der Waals surface area contributed by atoms with Crippen LogP contribution in [-0.4, -0.2) is 19.5 Å². The maximum atomic E-state index is 5.96. The zero-order chi connectivity index (χ0) is 14.7. The van der Waals surface area contributed by atoms with Gasteiger partial charge < -0.3 is 9.47 Å². The van der Waals surface area contributed by atoms with Gasteiger partial charge in [-0.2, -0.15) is 0 Å². The van der Waals surface area contributed by atoms with Gasteiger partial charge in [0.1, 0.15) is 0 Å². The van der Waals surface area contributed by atoms with Crippen LogP contribution in [0, 0.1) is 11.8 Å². The molecule has 0 radical (unpaired) electrons. The van der Waals surface area contributed by atoms with E-state index >= 15 is 0 Å². The summed E-state index contributed by atoms with van der Waals surface area (Å²) in [6.45, 7) is 5.31. The predicted molar refractivity (Wildman–Crippen MR) is 85.5 cm³/mol. The highest BCUT2D eigenvalue weighted by Gasteiger charge is 2.32. The number of halogens is 1. The minimum absolute atomic E-state index is 0.00707. The Morgan fingerprint density at radius 2 is 1.62 bits per heavy atom. The van der Waals surface area contributed by atoms with Crippen molar-refractivity contribution in [3.63, 3.8) is 0 Å². The summed E-state index contributed by atoms with van der Waals surface area (Å²) in [5, 5.41) is 0.813. The van der Waals surface area contributed by atoms with Crippen LogP contribution < -0.4 is 0 Å². The summed E-state index contributed by atoms with van der Waals surface area (Å²) >= 11 is 5.96. The Bertz CT molecular complexity index is 455. The fourth-order valence-corrected chi connectivity index (χ4v) is 3.53. The summed E-state index contributed by atoms with van der Waals surface area (Å²) in [5.74, 6) is 1.55. The van der Waals surface area contributed by atoms with Gasteiger partial charge in [-0.05, 0) is 49.3 Å².